The first kappa shape index (κ1) is 17.1. The number of carbonyl (C=O) groups is 2. The van der Waals surface area contributed by atoms with Gasteiger partial charge in [0, 0.05) is 28.8 Å². The van der Waals surface area contributed by atoms with Gasteiger partial charge in [-0.25, -0.2) is 4.79 Å². The summed E-state index contributed by atoms with van der Waals surface area (Å²) in [6.07, 6.45) is 1.01. The van der Waals surface area contributed by atoms with Crippen LogP contribution in [0.2, 0.25) is 0 Å². The van der Waals surface area contributed by atoms with Crippen molar-refractivity contribution in [2.24, 2.45) is 0 Å². The molecule has 128 valence electrons. The van der Waals surface area contributed by atoms with Gasteiger partial charge in [0.05, 0.1) is 18.2 Å². The molecule has 0 atom stereocenters. The van der Waals surface area contributed by atoms with Gasteiger partial charge < -0.3 is 10.1 Å². The molecule has 25 heavy (non-hydrogen) atoms. The minimum Gasteiger partial charge on any atom is -0.452 e. The van der Waals surface area contributed by atoms with Crippen LogP contribution in [0.1, 0.15) is 10.4 Å². The van der Waals surface area contributed by atoms with Crippen molar-refractivity contribution < 1.29 is 14.3 Å². The fourth-order valence-electron chi connectivity index (χ4n) is 2.56. The zero-order chi connectivity index (χ0) is 17.6. The number of benzene rings is 2. The molecule has 0 unspecified atom stereocenters. The number of fused-ring (bicyclic) bond motifs is 1. The second-order valence-electron chi connectivity index (χ2n) is 5.32. The molecule has 0 fully saturated rings. The van der Waals surface area contributed by atoms with E-state index in [9.17, 15) is 9.59 Å². The zero-order valence-electron chi connectivity index (χ0n) is 13.8. The number of carbonyl (C=O) groups excluding carboxylic acids is 2. The molecule has 0 spiro atoms. The molecule has 1 heterocycles. The maximum absolute atomic E-state index is 12.5. The third kappa shape index (κ3) is 3.85. The highest BCUT2D eigenvalue weighted by atomic mass is 32.2. The van der Waals surface area contributed by atoms with E-state index < -0.39 is 6.09 Å². The molecule has 0 aliphatic rings. The van der Waals surface area contributed by atoms with Crippen molar-refractivity contribution >= 4 is 34.7 Å². The van der Waals surface area contributed by atoms with Gasteiger partial charge in [0.25, 0.3) is 5.91 Å². The molecular weight excluding hydrogens is 336 g/mol. The van der Waals surface area contributed by atoms with Gasteiger partial charge in [-0.05, 0) is 18.2 Å². The van der Waals surface area contributed by atoms with E-state index in [0.717, 1.165) is 11.1 Å². The average Bonchev–Trinajstić information content (AvgIpc) is 3.05. The molecule has 6 heteroatoms. The van der Waals surface area contributed by atoms with Crippen LogP contribution >= 0.6 is 11.8 Å². The van der Waals surface area contributed by atoms with E-state index >= 15 is 0 Å². The molecule has 0 aliphatic carbocycles. The van der Waals surface area contributed by atoms with Crippen LogP contribution in [0.5, 0.6) is 0 Å². The number of thioether (sulfide) groups is 1. The minimum atomic E-state index is -0.519. The number of hydrogen-bond donors (Lipinski definition) is 1. The van der Waals surface area contributed by atoms with Crippen LogP contribution < -0.4 is 5.32 Å². The molecule has 3 aromatic rings. The van der Waals surface area contributed by atoms with E-state index in [0.29, 0.717) is 17.6 Å². The number of amides is 1. The summed E-state index contributed by atoms with van der Waals surface area (Å²) < 4.78 is 6.12. The second-order valence-corrected chi connectivity index (χ2v) is 6.49. The molecule has 0 saturated heterocycles. The molecule has 0 radical (unpaired) electrons. The third-order valence-electron chi connectivity index (χ3n) is 3.73. The van der Waals surface area contributed by atoms with Crippen molar-refractivity contribution in [2.45, 2.75) is 4.90 Å². The Balaban J connectivity index is 1.69. The van der Waals surface area contributed by atoms with Gasteiger partial charge in [-0.2, -0.15) is 0 Å². The highest BCUT2D eigenvalue weighted by Gasteiger charge is 2.17. The van der Waals surface area contributed by atoms with Gasteiger partial charge in [0.2, 0.25) is 0 Å². The number of methoxy groups -OCH3 is 1. The van der Waals surface area contributed by atoms with Crippen molar-refractivity contribution in [3.8, 4) is 0 Å². The van der Waals surface area contributed by atoms with E-state index in [4.69, 9.17) is 4.74 Å². The summed E-state index contributed by atoms with van der Waals surface area (Å²) in [5, 5.41) is 3.63. The molecular formula is C19H18N2O3S. The topological polar surface area (TPSA) is 60.3 Å². The van der Waals surface area contributed by atoms with Crippen molar-refractivity contribution in [1.82, 2.24) is 9.88 Å². The Labute approximate surface area is 150 Å². The Bertz CT molecular complexity index is 890. The Morgan fingerprint density at radius 2 is 1.80 bits per heavy atom. The van der Waals surface area contributed by atoms with E-state index in [2.05, 4.69) is 5.32 Å². The first-order valence-corrected chi connectivity index (χ1v) is 8.83. The van der Waals surface area contributed by atoms with Gasteiger partial charge in [0.1, 0.15) is 0 Å². The number of rotatable bonds is 5. The van der Waals surface area contributed by atoms with Crippen LogP contribution in [0.15, 0.2) is 65.7 Å². The predicted molar refractivity (Wildman–Crippen MR) is 99.2 cm³/mol. The quantitative estimate of drug-likeness (QED) is 0.560. The number of hydrogen-bond acceptors (Lipinski definition) is 4. The SMILES string of the molecule is COC(=O)n1cc(C(=O)NCCSc2ccccc2)c2ccccc21. The van der Waals surface area contributed by atoms with Gasteiger partial charge in [-0.15, -0.1) is 11.8 Å². The first-order valence-electron chi connectivity index (χ1n) is 7.85. The summed E-state index contributed by atoms with van der Waals surface area (Å²) in [4.78, 5) is 25.6. The summed E-state index contributed by atoms with van der Waals surface area (Å²) in [5.41, 5.74) is 1.11. The summed E-state index contributed by atoms with van der Waals surface area (Å²) in [6.45, 7) is 0.538. The second kappa shape index (κ2) is 7.90. The van der Waals surface area contributed by atoms with Crippen LogP contribution in [-0.2, 0) is 4.74 Å². The summed E-state index contributed by atoms with van der Waals surface area (Å²) in [7, 11) is 1.32. The van der Waals surface area contributed by atoms with Crippen LogP contribution in [-0.4, -0.2) is 36.0 Å². The Morgan fingerprint density at radius 1 is 1.08 bits per heavy atom. The summed E-state index contributed by atoms with van der Waals surface area (Å²) >= 11 is 1.68. The van der Waals surface area contributed by atoms with Crippen LogP contribution in [0.3, 0.4) is 0 Å². The van der Waals surface area contributed by atoms with Crippen molar-refractivity contribution in [3.63, 3.8) is 0 Å². The van der Waals surface area contributed by atoms with Gasteiger partial charge in [-0.1, -0.05) is 36.4 Å². The van der Waals surface area contributed by atoms with Gasteiger partial charge >= 0.3 is 6.09 Å². The number of ether oxygens (including phenoxy) is 1. The lowest BCUT2D eigenvalue weighted by molar-refractivity contribution is 0.0957. The number of aromatic nitrogens is 1. The van der Waals surface area contributed by atoms with E-state index in [1.54, 1.807) is 17.8 Å². The Morgan fingerprint density at radius 3 is 2.56 bits per heavy atom. The van der Waals surface area contributed by atoms with Crippen molar-refractivity contribution in [1.29, 1.82) is 0 Å². The van der Waals surface area contributed by atoms with E-state index in [1.807, 2.05) is 48.5 Å². The Hall–Kier alpha value is -2.73. The lowest BCUT2D eigenvalue weighted by atomic mass is 10.1. The third-order valence-corrected chi connectivity index (χ3v) is 4.74. The minimum absolute atomic E-state index is 0.201. The molecule has 1 amide bonds. The maximum Gasteiger partial charge on any atom is 0.418 e. The number of para-hydroxylation sites is 1. The van der Waals surface area contributed by atoms with E-state index in [-0.39, 0.29) is 5.91 Å². The molecule has 0 saturated carbocycles. The lowest BCUT2D eigenvalue weighted by Crippen LogP contribution is -2.25. The number of nitrogens with zero attached hydrogens (tertiary/aromatic N) is 1. The largest absolute Gasteiger partial charge is 0.452 e. The molecule has 0 bridgehead atoms. The van der Waals surface area contributed by atoms with Crippen LogP contribution in [0.4, 0.5) is 4.79 Å². The summed E-state index contributed by atoms with van der Waals surface area (Å²) in [6, 6.07) is 17.3. The molecule has 5 nitrogen and oxygen atoms in total. The fraction of sp³-hybridized carbons (Fsp3) is 0.158. The van der Waals surface area contributed by atoms with Crippen molar-refractivity contribution in [3.05, 3.63) is 66.4 Å². The monoisotopic (exact) mass is 354 g/mol. The lowest BCUT2D eigenvalue weighted by Gasteiger charge is -2.04. The smallest absolute Gasteiger partial charge is 0.418 e. The molecule has 1 aromatic heterocycles. The molecule has 3 rings (SSSR count). The molecule has 1 N–H and O–H groups in total. The van der Waals surface area contributed by atoms with Crippen LogP contribution in [0.25, 0.3) is 10.9 Å². The van der Waals surface area contributed by atoms with E-state index in [1.165, 1.54) is 22.8 Å². The fourth-order valence-corrected chi connectivity index (χ4v) is 3.34. The van der Waals surface area contributed by atoms with Crippen LogP contribution in [0, 0.1) is 0 Å². The predicted octanol–water partition coefficient (Wildman–Crippen LogP) is 3.78. The van der Waals surface area contributed by atoms with Gasteiger partial charge in [0.15, 0.2) is 0 Å². The Kier molecular flexibility index (Phi) is 5.40. The highest BCUT2D eigenvalue weighted by molar-refractivity contribution is 7.99. The molecule has 0 aliphatic heterocycles. The zero-order valence-corrected chi connectivity index (χ0v) is 14.6. The van der Waals surface area contributed by atoms with Crippen molar-refractivity contribution in [2.75, 3.05) is 19.4 Å². The average molecular weight is 354 g/mol. The van der Waals surface area contributed by atoms with Gasteiger partial charge in [-0.3, -0.25) is 9.36 Å². The molecule has 2 aromatic carbocycles. The first-order chi connectivity index (χ1) is 12.2. The summed E-state index contributed by atoms with van der Waals surface area (Å²) in [5.74, 6) is 0.568. The maximum atomic E-state index is 12.5. The number of nitrogens with one attached hydrogen (secondary N) is 1. The normalized spacial score (nSPS) is 10.6. The standard InChI is InChI=1S/C19H18N2O3S/c1-24-19(23)21-13-16(15-9-5-6-10-17(15)21)18(22)20-11-12-25-14-7-3-2-4-8-14/h2-10,13H,11-12H2,1H3,(H,20,22). The highest BCUT2D eigenvalue weighted by Crippen LogP contribution is 2.22.